The molecule has 0 aromatic carbocycles. The van der Waals surface area contributed by atoms with Crippen LogP contribution >= 0.6 is 0 Å². The minimum atomic E-state index is 0.846. The Balaban J connectivity index is 2.02. The zero-order valence-electron chi connectivity index (χ0n) is 11.5. The lowest BCUT2D eigenvalue weighted by molar-refractivity contribution is 0.320. The van der Waals surface area contributed by atoms with E-state index in [1.807, 2.05) is 0 Å². The predicted octanol–water partition coefficient (Wildman–Crippen LogP) is 2.74. The van der Waals surface area contributed by atoms with E-state index in [1.54, 1.807) is 0 Å². The van der Waals surface area contributed by atoms with E-state index in [1.165, 1.54) is 58.4 Å². The monoisotopic (exact) mass is 226 g/mol. The highest BCUT2D eigenvalue weighted by atomic mass is 15.1. The van der Waals surface area contributed by atoms with Gasteiger partial charge < -0.3 is 10.2 Å². The minimum Gasteiger partial charge on any atom is -0.316 e. The van der Waals surface area contributed by atoms with Crippen molar-refractivity contribution in [1.82, 2.24) is 10.2 Å². The Morgan fingerprint density at radius 2 is 2.12 bits per heavy atom. The van der Waals surface area contributed by atoms with Crippen molar-refractivity contribution in [1.29, 1.82) is 0 Å². The van der Waals surface area contributed by atoms with Crippen LogP contribution in [0.25, 0.3) is 0 Å². The molecule has 16 heavy (non-hydrogen) atoms. The van der Waals surface area contributed by atoms with Crippen molar-refractivity contribution in [2.45, 2.75) is 46.5 Å². The van der Waals surface area contributed by atoms with Gasteiger partial charge in [-0.05, 0) is 57.3 Å². The minimum absolute atomic E-state index is 0.846. The molecule has 2 heteroatoms. The number of likely N-dealkylation sites (tertiary alicyclic amines) is 1. The van der Waals surface area contributed by atoms with Gasteiger partial charge in [0.25, 0.3) is 0 Å². The number of hydrogen-bond acceptors (Lipinski definition) is 2. The molecule has 0 radical (unpaired) electrons. The van der Waals surface area contributed by atoms with Crippen molar-refractivity contribution in [2.75, 3.05) is 32.7 Å². The van der Waals surface area contributed by atoms with Crippen LogP contribution in [0.4, 0.5) is 0 Å². The topological polar surface area (TPSA) is 15.3 Å². The van der Waals surface area contributed by atoms with E-state index in [-0.39, 0.29) is 0 Å². The van der Waals surface area contributed by atoms with E-state index in [2.05, 4.69) is 31.0 Å². The van der Waals surface area contributed by atoms with Crippen LogP contribution in [0.2, 0.25) is 0 Å². The van der Waals surface area contributed by atoms with E-state index in [4.69, 9.17) is 0 Å². The molecule has 1 saturated heterocycles. The largest absolute Gasteiger partial charge is 0.316 e. The molecule has 2 unspecified atom stereocenters. The SMILES string of the molecule is CCCC(C)CNCC1CCN(CCC)C1. The lowest BCUT2D eigenvalue weighted by Gasteiger charge is -2.16. The third-order valence-corrected chi connectivity index (χ3v) is 3.62. The van der Waals surface area contributed by atoms with Crippen molar-refractivity contribution >= 4 is 0 Å². The average molecular weight is 226 g/mol. The molecule has 1 aliphatic rings. The molecule has 0 aromatic heterocycles. The number of rotatable bonds is 8. The van der Waals surface area contributed by atoms with Gasteiger partial charge in [-0.2, -0.15) is 0 Å². The Bertz CT molecular complexity index is 170. The van der Waals surface area contributed by atoms with Gasteiger partial charge in [-0.25, -0.2) is 0 Å². The van der Waals surface area contributed by atoms with E-state index >= 15 is 0 Å². The molecule has 96 valence electrons. The van der Waals surface area contributed by atoms with Gasteiger partial charge in [0, 0.05) is 6.54 Å². The van der Waals surface area contributed by atoms with Crippen molar-refractivity contribution in [3.05, 3.63) is 0 Å². The fraction of sp³-hybridized carbons (Fsp3) is 1.00. The number of nitrogens with one attached hydrogen (secondary N) is 1. The molecule has 0 amide bonds. The van der Waals surface area contributed by atoms with Gasteiger partial charge in [-0.1, -0.05) is 27.2 Å². The Labute approximate surface area is 102 Å². The molecule has 0 aromatic rings. The summed E-state index contributed by atoms with van der Waals surface area (Å²) < 4.78 is 0. The maximum atomic E-state index is 3.65. The molecule has 2 nitrogen and oxygen atoms in total. The zero-order chi connectivity index (χ0) is 11.8. The van der Waals surface area contributed by atoms with Crippen molar-refractivity contribution in [3.63, 3.8) is 0 Å². The number of hydrogen-bond donors (Lipinski definition) is 1. The van der Waals surface area contributed by atoms with Crippen LogP contribution in [0.15, 0.2) is 0 Å². The summed E-state index contributed by atoms with van der Waals surface area (Å²) in [4.78, 5) is 2.61. The summed E-state index contributed by atoms with van der Waals surface area (Å²) in [7, 11) is 0. The molecule has 0 bridgehead atoms. The van der Waals surface area contributed by atoms with Crippen LogP contribution in [0, 0.1) is 11.8 Å². The van der Waals surface area contributed by atoms with E-state index in [0.717, 1.165) is 11.8 Å². The van der Waals surface area contributed by atoms with E-state index in [9.17, 15) is 0 Å². The summed E-state index contributed by atoms with van der Waals surface area (Å²) >= 11 is 0. The summed E-state index contributed by atoms with van der Waals surface area (Å²) in [6, 6.07) is 0. The smallest absolute Gasteiger partial charge is 0.00223 e. The number of nitrogens with zero attached hydrogens (tertiary/aromatic N) is 1. The molecule has 0 spiro atoms. The Morgan fingerprint density at radius 1 is 1.31 bits per heavy atom. The highest BCUT2D eigenvalue weighted by molar-refractivity contribution is 4.77. The second kappa shape index (κ2) is 8.08. The first-order chi connectivity index (χ1) is 7.76. The van der Waals surface area contributed by atoms with Crippen LogP contribution in [0.5, 0.6) is 0 Å². The molecular weight excluding hydrogens is 196 g/mol. The highest BCUT2D eigenvalue weighted by Crippen LogP contribution is 2.15. The maximum Gasteiger partial charge on any atom is 0.00223 e. The molecule has 0 saturated carbocycles. The highest BCUT2D eigenvalue weighted by Gasteiger charge is 2.20. The van der Waals surface area contributed by atoms with Gasteiger partial charge >= 0.3 is 0 Å². The van der Waals surface area contributed by atoms with Crippen molar-refractivity contribution in [3.8, 4) is 0 Å². The second-order valence-corrected chi connectivity index (χ2v) is 5.51. The van der Waals surface area contributed by atoms with Crippen LogP contribution in [0.3, 0.4) is 0 Å². The first-order valence-electron chi connectivity index (χ1n) is 7.19. The van der Waals surface area contributed by atoms with Crippen LogP contribution < -0.4 is 5.32 Å². The summed E-state index contributed by atoms with van der Waals surface area (Å²) in [5, 5.41) is 3.65. The second-order valence-electron chi connectivity index (χ2n) is 5.51. The third kappa shape index (κ3) is 5.31. The van der Waals surface area contributed by atoms with Crippen molar-refractivity contribution < 1.29 is 0 Å². The molecule has 2 atom stereocenters. The van der Waals surface area contributed by atoms with Gasteiger partial charge in [0.15, 0.2) is 0 Å². The Hall–Kier alpha value is -0.0800. The van der Waals surface area contributed by atoms with Gasteiger partial charge in [0.05, 0.1) is 0 Å². The van der Waals surface area contributed by atoms with E-state index in [0.29, 0.717) is 0 Å². The van der Waals surface area contributed by atoms with Gasteiger partial charge in [0.1, 0.15) is 0 Å². The molecule has 1 rings (SSSR count). The third-order valence-electron chi connectivity index (χ3n) is 3.62. The molecule has 0 aliphatic carbocycles. The summed E-state index contributed by atoms with van der Waals surface area (Å²) in [6.07, 6.45) is 5.37. The molecular formula is C14H30N2. The maximum absolute atomic E-state index is 3.65. The Morgan fingerprint density at radius 3 is 2.81 bits per heavy atom. The van der Waals surface area contributed by atoms with Crippen molar-refractivity contribution in [2.24, 2.45) is 11.8 Å². The van der Waals surface area contributed by atoms with Crippen LogP contribution in [-0.2, 0) is 0 Å². The standard InChI is InChI=1S/C14H30N2/c1-4-6-13(3)10-15-11-14-7-9-16(12-14)8-5-2/h13-15H,4-12H2,1-3H3. The molecule has 1 N–H and O–H groups in total. The summed E-state index contributed by atoms with van der Waals surface area (Å²) in [5.74, 6) is 1.75. The average Bonchev–Trinajstić information content (AvgIpc) is 2.67. The first kappa shape index (κ1) is 14.0. The van der Waals surface area contributed by atoms with Gasteiger partial charge in [-0.15, -0.1) is 0 Å². The molecule has 1 heterocycles. The lowest BCUT2D eigenvalue weighted by atomic mass is 10.1. The molecule has 1 fully saturated rings. The van der Waals surface area contributed by atoms with Gasteiger partial charge in [-0.3, -0.25) is 0 Å². The first-order valence-corrected chi connectivity index (χ1v) is 7.19. The zero-order valence-corrected chi connectivity index (χ0v) is 11.5. The lowest BCUT2D eigenvalue weighted by Crippen LogP contribution is -2.29. The van der Waals surface area contributed by atoms with Crippen LogP contribution in [-0.4, -0.2) is 37.6 Å². The fourth-order valence-electron chi connectivity index (χ4n) is 2.73. The normalized spacial score (nSPS) is 23.8. The molecule has 1 aliphatic heterocycles. The Kier molecular flexibility index (Phi) is 7.06. The van der Waals surface area contributed by atoms with Crippen LogP contribution in [0.1, 0.15) is 46.5 Å². The summed E-state index contributed by atoms with van der Waals surface area (Å²) in [6.45, 7) is 13.3. The van der Waals surface area contributed by atoms with E-state index < -0.39 is 0 Å². The predicted molar refractivity (Wildman–Crippen MR) is 71.8 cm³/mol. The fourth-order valence-corrected chi connectivity index (χ4v) is 2.73. The quantitative estimate of drug-likeness (QED) is 0.684. The summed E-state index contributed by atoms with van der Waals surface area (Å²) in [5.41, 5.74) is 0. The van der Waals surface area contributed by atoms with Gasteiger partial charge in [0.2, 0.25) is 0 Å².